The second-order valence-corrected chi connectivity index (χ2v) is 6.87. The highest BCUT2D eigenvalue weighted by Gasteiger charge is 2.31. The molecular formula is C17H22N4OS. The topological polar surface area (TPSA) is 53.2 Å². The highest BCUT2D eigenvalue weighted by atomic mass is 32.1. The molecule has 6 heteroatoms. The zero-order chi connectivity index (χ0) is 15.6. The summed E-state index contributed by atoms with van der Waals surface area (Å²) in [6, 6.07) is 6.53. The van der Waals surface area contributed by atoms with Crippen LogP contribution in [0.1, 0.15) is 32.1 Å². The molecule has 2 aliphatic rings. The van der Waals surface area contributed by atoms with Gasteiger partial charge in [0.25, 0.3) is 0 Å². The average Bonchev–Trinajstić information content (AvgIpc) is 3.00. The van der Waals surface area contributed by atoms with Crippen LogP contribution < -0.4 is 10.1 Å². The van der Waals surface area contributed by atoms with E-state index in [9.17, 15) is 0 Å². The molecule has 0 atom stereocenters. The third-order valence-electron chi connectivity index (χ3n) is 4.77. The molecule has 1 aromatic carbocycles. The summed E-state index contributed by atoms with van der Waals surface area (Å²) in [5.41, 5.74) is 1.90. The first-order chi connectivity index (χ1) is 11.3. The number of likely N-dealkylation sites (tertiary alicyclic amines) is 1. The third-order valence-corrected chi connectivity index (χ3v) is 5.15. The van der Waals surface area contributed by atoms with Gasteiger partial charge in [0, 0.05) is 6.04 Å². The van der Waals surface area contributed by atoms with Crippen LogP contribution in [0.4, 0.5) is 0 Å². The van der Waals surface area contributed by atoms with Crippen LogP contribution in [0.25, 0.3) is 11.0 Å². The molecule has 0 radical (unpaired) electrons. The van der Waals surface area contributed by atoms with Crippen molar-refractivity contribution >= 4 is 28.4 Å². The molecule has 1 saturated heterocycles. The fourth-order valence-corrected chi connectivity index (χ4v) is 3.72. The summed E-state index contributed by atoms with van der Waals surface area (Å²) in [4.78, 5) is 9.63. The molecule has 4 rings (SSSR count). The van der Waals surface area contributed by atoms with E-state index in [4.69, 9.17) is 17.0 Å². The maximum Gasteiger partial charge on any atom is 0.169 e. The number of nitrogens with one attached hydrogen (secondary N) is 2. The molecule has 0 unspecified atom stereocenters. The normalized spacial score (nSPS) is 19.6. The number of imidazole rings is 1. The molecule has 0 amide bonds. The van der Waals surface area contributed by atoms with E-state index in [1.807, 2.05) is 18.2 Å². The van der Waals surface area contributed by atoms with Crippen LogP contribution in [0.15, 0.2) is 24.5 Å². The van der Waals surface area contributed by atoms with E-state index < -0.39 is 0 Å². The second-order valence-electron chi connectivity index (χ2n) is 6.48. The summed E-state index contributed by atoms with van der Waals surface area (Å²) >= 11 is 5.53. The first kappa shape index (κ1) is 14.8. The first-order valence-electron chi connectivity index (χ1n) is 8.44. The summed E-state index contributed by atoms with van der Waals surface area (Å²) in [5, 5.41) is 4.40. The number of ether oxygens (including phenoxy) is 1. The van der Waals surface area contributed by atoms with E-state index in [2.05, 4.69) is 20.2 Å². The molecular weight excluding hydrogens is 308 g/mol. The van der Waals surface area contributed by atoms with Crippen LogP contribution in [0, 0.1) is 0 Å². The van der Waals surface area contributed by atoms with Crippen molar-refractivity contribution in [2.45, 2.75) is 44.2 Å². The lowest BCUT2D eigenvalue weighted by Crippen LogP contribution is -2.60. The second kappa shape index (κ2) is 6.35. The standard InChI is InChI=1S/C17H22N4OS/c23-17(20-12-5-2-1-3-6-12)21-9-13(10-21)22-15-8-4-7-14-16(15)19-11-18-14/h4,7-8,11-13H,1-3,5-6,9-10H2,(H,18,19)(H,20,23). The quantitative estimate of drug-likeness (QED) is 0.848. The van der Waals surface area contributed by atoms with Gasteiger partial charge in [0.15, 0.2) is 5.11 Å². The summed E-state index contributed by atoms with van der Waals surface area (Å²) in [6.07, 6.45) is 8.38. The van der Waals surface area contributed by atoms with Gasteiger partial charge in [-0.25, -0.2) is 4.98 Å². The lowest BCUT2D eigenvalue weighted by Gasteiger charge is -2.41. The molecule has 2 N–H and O–H groups in total. The summed E-state index contributed by atoms with van der Waals surface area (Å²) in [5.74, 6) is 0.847. The number of aromatic nitrogens is 2. The SMILES string of the molecule is S=C(NC1CCCCC1)N1CC(Oc2cccc3[nH]cnc23)C1. The predicted octanol–water partition coefficient (Wildman–Crippen LogP) is 2.83. The van der Waals surface area contributed by atoms with E-state index in [0.29, 0.717) is 6.04 Å². The Balaban J connectivity index is 1.29. The third kappa shape index (κ3) is 3.13. The smallest absolute Gasteiger partial charge is 0.169 e. The van der Waals surface area contributed by atoms with Crippen molar-refractivity contribution in [3.05, 3.63) is 24.5 Å². The lowest BCUT2D eigenvalue weighted by molar-refractivity contribution is 0.0675. The first-order valence-corrected chi connectivity index (χ1v) is 8.84. The molecule has 2 fully saturated rings. The van der Waals surface area contributed by atoms with Gasteiger partial charge in [-0.05, 0) is 37.2 Å². The van der Waals surface area contributed by atoms with Crippen LogP contribution in [-0.4, -0.2) is 45.2 Å². The zero-order valence-electron chi connectivity index (χ0n) is 13.1. The minimum atomic E-state index is 0.184. The molecule has 2 aromatic rings. The fourth-order valence-electron chi connectivity index (χ4n) is 3.40. The Morgan fingerprint density at radius 3 is 2.91 bits per heavy atom. The van der Waals surface area contributed by atoms with Gasteiger partial charge in [-0.2, -0.15) is 0 Å². The molecule has 0 spiro atoms. The number of aromatic amines is 1. The van der Waals surface area contributed by atoms with E-state index in [-0.39, 0.29) is 6.10 Å². The predicted molar refractivity (Wildman–Crippen MR) is 94.7 cm³/mol. The Hall–Kier alpha value is -1.82. The highest BCUT2D eigenvalue weighted by Crippen LogP contribution is 2.25. The molecule has 1 aromatic heterocycles. The van der Waals surface area contributed by atoms with Gasteiger partial charge in [-0.3, -0.25) is 0 Å². The maximum absolute atomic E-state index is 6.08. The molecule has 1 aliphatic carbocycles. The molecule has 2 heterocycles. The van der Waals surface area contributed by atoms with Gasteiger partial charge in [-0.15, -0.1) is 0 Å². The molecule has 122 valence electrons. The van der Waals surface area contributed by atoms with Crippen LogP contribution in [0.5, 0.6) is 5.75 Å². The number of para-hydroxylation sites is 1. The van der Waals surface area contributed by atoms with Gasteiger partial charge >= 0.3 is 0 Å². The van der Waals surface area contributed by atoms with Crippen molar-refractivity contribution in [3.63, 3.8) is 0 Å². The van der Waals surface area contributed by atoms with Crippen molar-refractivity contribution in [3.8, 4) is 5.75 Å². The van der Waals surface area contributed by atoms with Gasteiger partial charge in [0.05, 0.1) is 24.9 Å². The van der Waals surface area contributed by atoms with E-state index >= 15 is 0 Å². The van der Waals surface area contributed by atoms with Crippen molar-refractivity contribution < 1.29 is 4.74 Å². The van der Waals surface area contributed by atoms with Gasteiger partial charge < -0.3 is 19.9 Å². The van der Waals surface area contributed by atoms with Crippen molar-refractivity contribution in [1.82, 2.24) is 20.2 Å². The monoisotopic (exact) mass is 330 g/mol. The Labute approximate surface area is 141 Å². The van der Waals surface area contributed by atoms with E-state index in [1.54, 1.807) is 6.33 Å². The van der Waals surface area contributed by atoms with Crippen LogP contribution in [0.2, 0.25) is 0 Å². The number of H-pyrrole nitrogens is 1. The molecule has 23 heavy (non-hydrogen) atoms. The van der Waals surface area contributed by atoms with Gasteiger partial charge in [-0.1, -0.05) is 25.3 Å². The van der Waals surface area contributed by atoms with Crippen molar-refractivity contribution in [2.24, 2.45) is 0 Å². The van der Waals surface area contributed by atoms with Crippen molar-refractivity contribution in [2.75, 3.05) is 13.1 Å². The minimum Gasteiger partial charge on any atom is -0.484 e. The minimum absolute atomic E-state index is 0.184. The lowest BCUT2D eigenvalue weighted by atomic mass is 9.96. The molecule has 1 saturated carbocycles. The molecule has 5 nitrogen and oxygen atoms in total. The number of hydrogen-bond acceptors (Lipinski definition) is 3. The number of nitrogens with zero attached hydrogens (tertiary/aromatic N) is 2. The van der Waals surface area contributed by atoms with Gasteiger partial charge in [0.1, 0.15) is 17.4 Å². The summed E-state index contributed by atoms with van der Waals surface area (Å²) in [7, 11) is 0. The summed E-state index contributed by atoms with van der Waals surface area (Å²) in [6.45, 7) is 1.69. The van der Waals surface area contributed by atoms with Crippen LogP contribution in [-0.2, 0) is 0 Å². The Kier molecular flexibility index (Phi) is 4.08. The fraction of sp³-hybridized carbons (Fsp3) is 0.529. The Bertz CT molecular complexity index is 689. The maximum atomic E-state index is 6.08. The van der Waals surface area contributed by atoms with Crippen LogP contribution in [0.3, 0.4) is 0 Å². The molecule has 1 aliphatic heterocycles. The number of fused-ring (bicyclic) bond motifs is 1. The van der Waals surface area contributed by atoms with Gasteiger partial charge in [0.2, 0.25) is 0 Å². The number of benzene rings is 1. The number of rotatable bonds is 3. The van der Waals surface area contributed by atoms with Crippen molar-refractivity contribution in [1.29, 1.82) is 0 Å². The number of thiocarbonyl (C=S) groups is 1. The van der Waals surface area contributed by atoms with E-state index in [0.717, 1.165) is 35.0 Å². The molecule has 0 bridgehead atoms. The van der Waals surface area contributed by atoms with E-state index in [1.165, 1.54) is 32.1 Å². The highest BCUT2D eigenvalue weighted by molar-refractivity contribution is 7.80. The number of hydrogen-bond donors (Lipinski definition) is 2. The Morgan fingerprint density at radius 1 is 1.26 bits per heavy atom. The largest absolute Gasteiger partial charge is 0.484 e. The van der Waals surface area contributed by atoms with Crippen LogP contribution >= 0.6 is 12.2 Å². The zero-order valence-corrected chi connectivity index (χ0v) is 13.9. The Morgan fingerprint density at radius 2 is 2.09 bits per heavy atom. The average molecular weight is 330 g/mol. The summed E-state index contributed by atoms with van der Waals surface area (Å²) < 4.78 is 6.08.